The van der Waals surface area contributed by atoms with E-state index in [0.29, 0.717) is 6.54 Å². The molecule has 74 valence electrons. The average Bonchev–Trinajstić information content (AvgIpc) is 2.48. The minimum atomic E-state index is -4.15. The Labute approximate surface area is 72.7 Å². The molecule has 13 heavy (non-hydrogen) atoms. The van der Waals surface area contributed by atoms with Gasteiger partial charge in [0.15, 0.2) is 0 Å². The molecule has 0 radical (unpaired) electrons. The molecule has 0 aliphatic carbocycles. The molecule has 0 spiro atoms. The summed E-state index contributed by atoms with van der Waals surface area (Å²) < 4.78 is 36.3. The lowest BCUT2D eigenvalue weighted by Crippen LogP contribution is -2.31. The zero-order valence-electron chi connectivity index (χ0n) is 6.75. The molecule has 0 fully saturated rings. The molecule has 1 aromatic heterocycles. The van der Waals surface area contributed by atoms with Crippen LogP contribution in [0, 0.1) is 0 Å². The molecule has 0 aromatic carbocycles. The van der Waals surface area contributed by atoms with Gasteiger partial charge < -0.3 is 5.32 Å². The smallest absolute Gasteiger partial charge is 0.307 e. The van der Waals surface area contributed by atoms with Crippen molar-refractivity contribution < 1.29 is 13.2 Å². The molecule has 1 heterocycles. The van der Waals surface area contributed by atoms with Crippen molar-refractivity contribution in [2.24, 2.45) is 0 Å². The van der Waals surface area contributed by atoms with Crippen LogP contribution in [0.5, 0.6) is 0 Å². The van der Waals surface area contributed by atoms with Gasteiger partial charge in [-0.25, -0.2) is 0 Å². The average molecular weight is 194 g/mol. The standard InChI is InChI=1S/C6H9F3N4/c7-6(8,9)5-10-1-3-13-4-2-11-12-13/h2,4,10H,1,3,5H2. The number of alkyl halides is 3. The van der Waals surface area contributed by atoms with Crippen molar-refractivity contribution in [2.75, 3.05) is 13.1 Å². The van der Waals surface area contributed by atoms with Crippen LogP contribution in [0.15, 0.2) is 12.4 Å². The lowest BCUT2D eigenvalue weighted by molar-refractivity contribution is -0.124. The van der Waals surface area contributed by atoms with Crippen molar-refractivity contribution >= 4 is 0 Å². The van der Waals surface area contributed by atoms with Gasteiger partial charge in [0, 0.05) is 12.7 Å². The maximum absolute atomic E-state index is 11.6. The SMILES string of the molecule is FC(F)(F)CNCCn1ccnn1. The maximum atomic E-state index is 11.6. The van der Waals surface area contributed by atoms with Gasteiger partial charge >= 0.3 is 6.18 Å². The van der Waals surface area contributed by atoms with Crippen LogP contribution in [0.1, 0.15) is 0 Å². The second kappa shape index (κ2) is 4.22. The zero-order chi connectivity index (χ0) is 9.73. The molecule has 0 unspecified atom stereocenters. The molecule has 1 N–H and O–H groups in total. The third kappa shape index (κ3) is 4.46. The van der Waals surface area contributed by atoms with Crippen LogP contribution in [0.4, 0.5) is 13.2 Å². The van der Waals surface area contributed by atoms with E-state index < -0.39 is 12.7 Å². The van der Waals surface area contributed by atoms with Gasteiger partial charge in [-0.05, 0) is 0 Å². The minimum absolute atomic E-state index is 0.225. The molecule has 0 aliphatic heterocycles. The van der Waals surface area contributed by atoms with Crippen LogP contribution >= 0.6 is 0 Å². The van der Waals surface area contributed by atoms with Crippen LogP contribution in [0.25, 0.3) is 0 Å². The van der Waals surface area contributed by atoms with Gasteiger partial charge in [-0.3, -0.25) is 4.68 Å². The summed E-state index contributed by atoms with van der Waals surface area (Å²) in [5.41, 5.74) is 0. The van der Waals surface area contributed by atoms with Crippen molar-refractivity contribution in [3.63, 3.8) is 0 Å². The molecule has 1 aromatic rings. The molecular weight excluding hydrogens is 185 g/mol. The molecule has 0 saturated carbocycles. The van der Waals surface area contributed by atoms with E-state index in [0.717, 1.165) is 0 Å². The number of nitrogens with one attached hydrogen (secondary N) is 1. The lowest BCUT2D eigenvalue weighted by atomic mass is 10.5. The van der Waals surface area contributed by atoms with E-state index in [9.17, 15) is 13.2 Å². The van der Waals surface area contributed by atoms with Crippen LogP contribution < -0.4 is 5.32 Å². The van der Waals surface area contributed by atoms with Gasteiger partial charge in [0.2, 0.25) is 0 Å². The van der Waals surface area contributed by atoms with E-state index in [2.05, 4.69) is 15.6 Å². The molecule has 0 aliphatic rings. The second-order valence-corrected chi connectivity index (χ2v) is 2.46. The molecule has 0 bridgehead atoms. The third-order valence-corrected chi connectivity index (χ3v) is 1.32. The number of aromatic nitrogens is 3. The van der Waals surface area contributed by atoms with Crippen molar-refractivity contribution in [3.05, 3.63) is 12.4 Å². The summed E-state index contributed by atoms with van der Waals surface area (Å²) in [7, 11) is 0. The monoisotopic (exact) mass is 194 g/mol. The minimum Gasteiger partial charge on any atom is -0.307 e. The number of hydrogen-bond donors (Lipinski definition) is 1. The van der Waals surface area contributed by atoms with Gasteiger partial charge in [0.05, 0.1) is 19.3 Å². The summed E-state index contributed by atoms with van der Waals surface area (Å²) in [4.78, 5) is 0. The van der Waals surface area contributed by atoms with Crippen LogP contribution in [0.2, 0.25) is 0 Å². The lowest BCUT2D eigenvalue weighted by Gasteiger charge is -2.07. The summed E-state index contributed by atoms with van der Waals surface area (Å²) >= 11 is 0. The molecule has 7 heteroatoms. The Bertz CT molecular complexity index is 231. The fraction of sp³-hybridized carbons (Fsp3) is 0.667. The summed E-state index contributed by atoms with van der Waals surface area (Å²) in [5, 5.41) is 9.36. The first-order valence-corrected chi connectivity index (χ1v) is 3.69. The van der Waals surface area contributed by atoms with E-state index in [4.69, 9.17) is 0 Å². The maximum Gasteiger partial charge on any atom is 0.401 e. The summed E-state index contributed by atoms with van der Waals surface area (Å²) in [6.07, 6.45) is -1.08. The normalized spacial score (nSPS) is 11.9. The van der Waals surface area contributed by atoms with Gasteiger partial charge in [-0.15, -0.1) is 5.10 Å². The fourth-order valence-corrected chi connectivity index (χ4v) is 0.776. The first kappa shape index (κ1) is 9.97. The quantitative estimate of drug-likeness (QED) is 0.707. The van der Waals surface area contributed by atoms with Crippen molar-refractivity contribution in [1.82, 2.24) is 20.3 Å². The molecule has 0 atom stereocenters. The fourth-order valence-electron chi connectivity index (χ4n) is 0.776. The Morgan fingerprint density at radius 3 is 2.69 bits per heavy atom. The van der Waals surface area contributed by atoms with Gasteiger partial charge in [-0.1, -0.05) is 5.21 Å². The molecule has 1 rings (SSSR count). The molecule has 4 nitrogen and oxygen atoms in total. The van der Waals surface area contributed by atoms with Crippen LogP contribution in [-0.2, 0) is 6.54 Å². The largest absolute Gasteiger partial charge is 0.401 e. The second-order valence-electron chi connectivity index (χ2n) is 2.46. The van der Waals surface area contributed by atoms with Crippen LogP contribution in [-0.4, -0.2) is 34.3 Å². The topological polar surface area (TPSA) is 42.7 Å². The first-order valence-electron chi connectivity index (χ1n) is 3.69. The van der Waals surface area contributed by atoms with E-state index in [1.165, 1.54) is 10.9 Å². The van der Waals surface area contributed by atoms with Gasteiger partial charge in [0.25, 0.3) is 0 Å². The Morgan fingerprint density at radius 2 is 2.15 bits per heavy atom. The highest BCUT2D eigenvalue weighted by atomic mass is 19.4. The van der Waals surface area contributed by atoms with Crippen LogP contribution in [0.3, 0.4) is 0 Å². The highest BCUT2D eigenvalue weighted by molar-refractivity contribution is 4.64. The van der Waals surface area contributed by atoms with E-state index in [1.54, 1.807) is 6.20 Å². The Kier molecular flexibility index (Phi) is 3.24. The molecule has 0 amide bonds. The van der Waals surface area contributed by atoms with Crippen molar-refractivity contribution in [2.45, 2.75) is 12.7 Å². The van der Waals surface area contributed by atoms with Crippen molar-refractivity contribution in [1.29, 1.82) is 0 Å². The van der Waals surface area contributed by atoms with E-state index >= 15 is 0 Å². The van der Waals surface area contributed by atoms with Crippen molar-refractivity contribution in [3.8, 4) is 0 Å². The predicted octanol–water partition coefficient (Wildman–Crippen LogP) is 0.430. The number of rotatable bonds is 4. The predicted molar refractivity (Wildman–Crippen MR) is 38.9 cm³/mol. The first-order chi connectivity index (χ1) is 6.08. The summed E-state index contributed by atoms with van der Waals surface area (Å²) in [6, 6.07) is 0. The molecule has 0 saturated heterocycles. The third-order valence-electron chi connectivity index (χ3n) is 1.32. The Balaban J connectivity index is 2.09. The summed E-state index contributed by atoms with van der Waals surface area (Å²) in [5.74, 6) is 0. The number of hydrogen-bond acceptors (Lipinski definition) is 3. The summed E-state index contributed by atoms with van der Waals surface area (Å²) in [6.45, 7) is -0.360. The van der Waals surface area contributed by atoms with Gasteiger partial charge in [0.1, 0.15) is 0 Å². The highest BCUT2D eigenvalue weighted by Crippen LogP contribution is 2.11. The zero-order valence-corrected chi connectivity index (χ0v) is 6.75. The number of nitrogens with zero attached hydrogens (tertiary/aromatic N) is 3. The Morgan fingerprint density at radius 1 is 1.38 bits per heavy atom. The van der Waals surface area contributed by atoms with E-state index in [1.807, 2.05) is 0 Å². The Hall–Kier alpha value is -1.11. The van der Waals surface area contributed by atoms with Gasteiger partial charge in [-0.2, -0.15) is 13.2 Å². The van der Waals surface area contributed by atoms with E-state index in [-0.39, 0.29) is 6.54 Å². The number of halogens is 3. The highest BCUT2D eigenvalue weighted by Gasteiger charge is 2.25. The molecular formula is C6H9F3N4.